The first-order chi connectivity index (χ1) is 15.1. The number of primary sulfonamides is 1. The number of carbonyl (C=O) groups excluding carboxylic acids is 1. The number of ether oxygens (including phenoxy) is 1. The summed E-state index contributed by atoms with van der Waals surface area (Å²) < 4.78 is 58.1. The fraction of sp³-hybridized carbons (Fsp3) is 0.300. The maximum atomic E-state index is 12.8. The Hall–Kier alpha value is -2.96. The van der Waals surface area contributed by atoms with E-state index in [-0.39, 0.29) is 26.8 Å². The Bertz CT molecular complexity index is 1340. The van der Waals surface area contributed by atoms with Gasteiger partial charge in [0.2, 0.25) is 10.0 Å². The van der Waals surface area contributed by atoms with Crippen molar-refractivity contribution in [3.05, 3.63) is 42.0 Å². The number of anilines is 2. The molecule has 0 saturated carbocycles. The largest absolute Gasteiger partial charge is 0.495 e. The molecule has 0 bridgehead atoms. The molecule has 170 valence electrons. The topological polar surface area (TPSA) is 148 Å². The highest BCUT2D eigenvalue weighted by molar-refractivity contribution is 7.90. The van der Waals surface area contributed by atoms with Crippen LogP contribution in [0.5, 0.6) is 5.75 Å². The Balaban J connectivity index is 1.67. The number of methoxy groups -OCH3 is 1. The Morgan fingerprint density at radius 1 is 1.16 bits per heavy atom. The molecule has 32 heavy (non-hydrogen) atoms. The van der Waals surface area contributed by atoms with Crippen LogP contribution in [0.2, 0.25) is 0 Å². The second kappa shape index (κ2) is 8.19. The summed E-state index contributed by atoms with van der Waals surface area (Å²) >= 11 is 0. The van der Waals surface area contributed by atoms with Crippen molar-refractivity contribution >= 4 is 43.2 Å². The van der Waals surface area contributed by atoms with Crippen molar-refractivity contribution in [2.45, 2.75) is 35.5 Å². The average molecular weight is 479 g/mol. The van der Waals surface area contributed by atoms with E-state index in [1.165, 1.54) is 37.4 Å². The van der Waals surface area contributed by atoms with Crippen LogP contribution in [-0.2, 0) is 20.0 Å². The van der Waals surface area contributed by atoms with Crippen LogP contribution in [0.1, 0.15) is 36.0 Å². The standard InChI is InChI=1S/C20H22N4O6S2/c1-30-16-9-7-14(12-18(16)31(21,26)27)22-20(25)13-6-8-15-17(11-13)32(28,29)23-19-5-3-2-4-10-24(15)19/h6-9,11-12H,2-5,10H2,1H3,(H,22,25)(H2,21,26,27). The molecule has 1 amide bonds. The third-order valence-corrected chi connectivity index (χ3v) is 7.60. The lowest BCUT2D eigenvalue weighted by Crippen LogP contribution is -2.35. The Morgan fingerprint density at radius 3 is 2.66 bits per heavy atom. The Kier molecular flexibility index (Phi) is 5.69. The van der Waals surface area contributed by atoms with Gasteiger partial charge in [-0.05, 0) is 49.2 Å². The zero-order chi connectivity index (χ0) is 23.1. The number of rotatable bonds is 4. The van der Waals surface area contributed by atoms with E-state index >= 15 is 0 Å². The maximum Gasteiger partial charge on any atom is 0.286 e. The van der Waals surface area contributed by atoms with Gasteiger partial charge in [0.15, 0.2) is 0 Å². The lowest BCUT2D eigenvalue weighted by Gasteiger charge is -2.29. The first kappa shape index (κ1) is 22.2. The van der Waals surface area contributed by atoms with E-state index in [1.54, 1.807) is 6.07 Å². The SMILES string of the molecule is COc1ccc(NC(=O)c2ccc3c(c2)S(=O)(=O)N=C2CCCCCN23)cc1S(N)(=O)=O. The van der Waals surface area contributed by atoms with Gasteiger partial charge in [0, 0.05) is 24.2 Å². The smallest absolute Gasteiger partial charge is 0.286 e. The van der Waals surface area contributed by atoms with Crippen molar-refractivity contribution < 1.29 is 26.4 Å². The highest BCUT2D eigenvalue weighted by atomic mass is 32.2. The van der Waals surface area contributed by atoms with Gasteiger partial charge in [0.05, 0.1) is 12.8 Å². The van der Waals surface area contributed by atoms with Gasteiger partial charge in [-0.2, -0.15) is 8.42 Å². The molecular weight excluding hydrogens is 456 g/mol. The predicted molar refractivity (Wildman–Crippen MR) is 119 cm³/mol. The number of hydrogen-bond acceptors (Lipinski definition) is 7. The molecule has 2 aromatic rings. The lowest BCUT2D eigenvalue weighted by atomic mass is 10.1. The number of amidine groups is 1. The fourth-order valence-corrected chi connectivity index (χ4v) is 5.81. The van der Waals surface area contributed by atoms with E-state index in [4.69, 9.17) is 9.88 Å². The summed E-state index contributed by atoms with van der Waals surface area (Å²) in [6, 6.07) is 8.41. The number of nitrogens with zero attached hydrogens (tertiary/aromatic N) is 2. The molecule has 1 fully saturated rings. The number of carbonyl (C=O) groups is 1. The molecule has 12 heteroatoms. The van der Waals surface area contributed by atoms with Crippen molar-refractivity contribution in [3.63, 3.8) is 0 Å². The molecule has 10 nitrogen and oxygen atoms in total. The molecule has 0 aliphatic carbocycles. The van der Waals surface area contributed by atoms with Crippen LogP contribution >= 0.6 is 0 Å². The van der Waals surface area contributed by atoms with Crippen molar-refractivity contribution in [2.75, 3.05) is 23.9 Å². The zero-order valence-electron chi connectivity index (χ0n) is 17.2. The first-order valence-electron chi connectivity index (χ1n) is 9.88. The molecule has 2 aliphatic heterocycles. The minimum atomic E-state index is -4.09. The van der Waals surface area contributed by atoms with Crippen LogP contribution in [0.15, 0.2) is 50.6 Å². The summed E-state index contributed by atoms with van der Waals surface area (Å²) in [5, 5.41) is 7.77. The van der Waals surface area contributed by atoms with Crippen LogP contribution in [0, 0.1) is 0 Å². The summed E-state index contributed by atoms with van der Waals surface area (Å²) in [6.45, 7) is 0.662. The molecular formula is C20H22N4O6S2. The molecule has 0 spiro atoms. The molecule has 2 aliphatic rings. The second-order valence-corrected chi connectivity index (χ2v) is 10.6. The van der Waals surface area contributed by atoms with E-state index in [9.17, 15) is 21.6 Å². The van der Waals surface area contributed by atoms with Crippen molar-refractivity contribution in [1.29, 1.82) is 0 Å². The van der Waals surface area contributed by atoms with Crippen LogP contribution in [0.25, 0.3) is 0 Å². The Labute approximate surface area is 186 Å². The van der Waals surface area contributed by atoms with Gasteiger partial charge in [-0.25, -0.2) is 13.6 Å². The molecule has 0 unspecified atom stereocenters. The van der Waals surface area contributed by atoms with Gasteiger partial charge < -0.3 is 15.0 Å². The van der Waals surface area contributed by atoms with Gasteiger partial charge in [0.1, 0.15) is 21.4 Å². The number of nitrogens with two attached hydrogens (primary N) is 1. The van der Waals surface area contributed by atoms with E-state index in [0.717, 1.165) is 19.3 Å². The molecule has 0 radical (unpaired) electrons. The van der Waals surface area contributed by atoms with Crippen molar-refractivity contribution in [2.24, 2.45) is 9.54 Å². The van der Waals surface area contributed by atoms with Crippen molar-refractivity contribution in [1.82, 2.24) is 0 Å². The van der Waals surface area contributed by atoms with Gasteiger partial charge in [-0.3, -0.25) is 4.79 Å². The van der Waals surface area contributed by atoms with E-state index in [1.807, 2.05) is 4.90 Å². The highest BCUT2D eigenvalue weighted by Gasteiger charge is 2.32. The molecule has 2 aromatic carbocycles. The zero-order valence-corrected chi connectivity index (χ0v) is 18.9. The fourth-order valence-electron chi connectivity index (χ4n) is 3.80. The third kappa shape index (κ3) is 4.20. The number of fused-ring (bicyclic) bond motifs is 3. The maximum absolute atomic E-state index is 12.8. The molecule has 3 N–H and O–H groups in total. The Morgan fingerprint density at radius 2 is 1.94 bits per heavy atom. The highest BCUT2D eigenvalue weighted by Crippen LogP contribution is 2.35. The van der Waals surface area contributed by atoms with Crippen LogP contribution in [0.4, 0.5) is 11.4 Å². The van der Waals surface area contributed by atoms with Gasteiger partial charge >= 0.3 is 0 Å². The minimum absolute atomic E-state index is 0.0317. The monoisotopic (exact) mass is 478 g/mol. The minimum Gasteiger partial charge on any atom is -0.495 e. The van der Waals surface area contributed by atoms with Gasteiger partial charge in [-0.1, -0.05) is 6.42 Å². The number of nitrogens with one attached hydrogen (secondary N) is 1. The quantitative estimate of drug-likeness (QED) is 0.683. The van der Waals surface area contributed by atoms with E-state index in [2.05, 4.69) is 9.71 Å². The number of benzene rings is 2. The summed E-state index contributed by atoms with van der Waals surface area (Å²) in [4.78, 5) is 14.4. The van der Waals surface area contributed by atoms with Crippen LogP contribution in [-0.4, -0.2) is 42.2 Å². The third-order valence-electron chi connectivity index (χ3n) is 5.34. The predicted octanol–water partition coefficient (Wildman–Crippen LogP) is 2.08. The first-order valence-corrected chi connectivity index (χ1v) is 12.9. The van der Waals surface area contributed by atoms with Gasteiger partial charge in [-0.15, -0.1) is 4.40 Å². The second-order valence-electron chi connectivity index (χ2n) is 7.49. The molecule has 0 atom stereocenters. The van der Waals surface area contributed by atoms with Gasteiger partial charge in [0.25, 0.3) is 15.9 Å². The normalized spacial score (nSPS) is 17.4. The van der Waals surface area contributed by atoms with E-state index in [0.29, 0.717) is 24.5 Å². The molecule has 0 aromatic heterocycles. The molecule has 4 rings (SSSR count). The molecule has 2 heterocycles. The average Bonchev–Trinajstić information content (AvgIpc) is 2.97. The summed E-state index contributed by atoms with van der Waals surface area (Å²) in [7, 11) is -6.73. The van der Waals surface area contributed by atoms with Crippen LogP contribution < -0.4 is 20.1 Å². The number of amides is 1. The summed E-state index contributed by atoms with van der Waals surface area (Å²) in [5.74, 6) is -0.0448. The summed E-state index contributed by atoms with van der Waals surface area (Å²) in [6.07, 6.45) is 3.38. The van der Waals surface area contributed by atoms with E-state index < -0.39 is 26.0 Å². The van der Waals surface area contributed by atoms with Crippen molar-refractivity contribution in [3.8, 4) is 5.75 Å². The number of hydrogen-bond donors (Lipinski definition) is 2. The lowest BCUT2D eigenvalue weighted by molar-refractivity contribution is 0.102. The molecule has 1 saturated heterocycles. The summed E-state index contributed by atoms with van der Waals surface area (Å²) in [5.41, 5.74) is 0.761. The number of sulfonamides is 2. The van der Waals surface area contributed by atoms with Crippen LogP contribution in [0.3, 0.4) is 0 Å².